The Balaban J connectivity index is 1.22. The van der Waals surface area contributed by atoms with E-state index in [9.17, 15) is 4.39 Å². The van der Waals surface area contributed by atoms with E-state index in [-0.39, 0.29) is 5.82 Å². The summed E-state index contributed by atoms with van der Waals surface area (Å²) in [5.41, 5.74) is 4.35. The van der Waals surface area contributed by atoms with Crippen LogP contribution in [-0.4, -0.2) is 34.6 Å². The third-order valence-corrected chi connectivity index (χ3v) is 5.92. The van der Waals surface area contributed by atoms with Gasteiger partial charge in [0.15, 0.2) is 0 Å². The van der Waals surface area contributed by atoms with Crippen molar-refractivity contribution in [2.75, 3.05) is 19.7 Å². The third kappa shape index (κ3) is 3.42. The molecule has 28 heavy (non-hydrogen) atoms. The van der Waals surface area contributed by atoms with E-state index in [1.165, 1.54) is 5.56 Å². The first-order chi connectivity index (χ1) is 13.8. The fraction of sp³-hybridized carbons (Fsp3) is 0.348. The second-order valence-corrected chi connectivity index (χ2v) is 7.75. The second kappa shape index (κ2) is 7.40. The van der Waals surface area contributed by atoms with Crippen LogP contribution in [-0.2, 0) is 13.0 Å². The summed E-state index contributed by atoms with van der Waals surface area (Å²) in [7, 11) is 0. The Hall–Kier alpha value is -2.66. The molecular weight excluding hydrogens is 353 g/mol. The number of nitrogens with zero attached hydrogens (tertiary/aromatic N) is 2. The monoisotopic (exact) mass is 377 g/mol. The van der Waals surface area contributed by atoms with Crippen LogP contribution in [0.2, 0.25) is 0 Å². The van der Waals surface area contributed by atoms with Crippen molar-refractivity contribution in [3.63, 3.8) is 0 Å². The van der Waals surface area contributed by atoms with E-state index < -0.39 is 0 Å². The summed E-state index contributed by atoms with van der Waals surface area (Å²) in [6.45, 7) is 3.57. The molecule has 0 radical (unpaired) electrons. The minimum Gasteiger partial charge on any atom is -0.493 e. The number of hydrogen-bond acceptors (Lipinski definition) is 3. The Bertz CT molecular complexity index is 975. The fourth-order valence-electron chi connectivity index (χ4n) is 4.37. The van der Waals surface area contributed by atoms with Gasteiger partial charge in [-0.3, -0.25) is 4.90 Å². The Morgan fingerprint density at radius 2 is 2.00 bits per heavy atom. The van der Waals surface area contributed by atoms with Gasteiger partial charge < -0.3 is 9.72 Å². The highest BCUT2D eigenvalue weighted by atomic mass is 19.1. The van der Waals surface area contributed by atoms with Gasteiger partial charge in [0.1, 0.15) is 17.4 Å². The second-order valence-electron chi connectivity index (χ2n) is 7.75. The first kappa shape index (κ1) is 17.4. The van der Waals surface area contributed by atoms with Crippen LogP contribution >= 0.6 is 0 Å². The summed E-state index contributed by atoms with van der Waals surface area (Å²) < 4.78 is 19.6. The van der Waals surface area contributed by atoms with Crippen molar-refractivity contribution in [1.29, 1.82) is 0 Å². The smallest absolute Gasteiger partial charge is 0.137 e. The summed E-state index contributed by atoms with van der Waals surface area (Å²) in [5, 5.41) is 0. The molecule has 0 atom stereocenters. The summed E-state index contributed by atoms with van der Waals surface area (Å²) >= 11 is 0. The van der Waals surface area contributed by atoms with E-state index in [2.05, 4.69) is 27.0 Å². The molecule has 0 saturated carbocycles. The van der Waals surface area contributed by atoms with Crippen LogP contribution in [0.3, 0.4) is 0 Å². The maximum atomic E-state index is 14.0. The van der Waals surface area contributed by atoms with Gasteiger partial charge in [0, 0.05) is 30.4 Å². The summed E-state index contributed by atoms with van der Waals surface area (Å²) in [6.07, 6.45) is 4.88. The molecule has 3 heterocycles. The zero-order chi connectivity index (χ0) is 18.9. The van der Waals surface area contributed by atoms with Crippen LogP contribution in [0.5, 0.6) is 5.75 Å². The largest absolute Gasteiger partial charge is 0.493 e. The van der Waals surface area contributed by atoms with Gasteiger partial charge in [0.2, 0.25) is 0 Å². The van der Waals surface area contributed by atoms with Gasteiger partial charge >= 0.3 is 0 Å². The number of H-pyrrole nitrogens is 1. The SMILES string of the molecule is Fc1ccccc1C1CCN(Cc2cnc(-c3ccc4c(c3)CCO4)[nH]2)CC1. The molecule has 1 saturated heterocycles. The van der Waals surface area contributed by atoms with E-state index in [0.717, 1.165) is 73.9 Å². The van der Waals surface area contributed by atoms with Crippen molar-refractivity contribution >= 4 is 0 Å². The van der Waals surface area contributed by atoms with E-state index >= 15 is 0 Å². The van der Waals surface area contributed by atoms with Crippen LogP contribution in [0.25, 0.3) is 11.4 Å². The molecule has 2 aliphatic rings. The maximum absolute atomic E-state index is 14.0. The van der Waals surface area contributed by atoms with Gasteiger partial charge in [-0.05, 0) is 67.2 Å². The molecule has 4 nitrogen and oxygen atoms in total. The Morgan fingerprint density at radius 1 is 1.14 bits per heavy atom. The van der Waals surface area contributed by atoms with Crippen molar-refractivity contribution in [2.45, 2.75) is 31.7 Å². The molecule has 3 aromatic rings. The number of aromatic amines is 1. The number of benzene rings is 2. The van der Waals surface area contributed by atoms with Gasteiger partial charge in [-0.25, -0.2) is 9.37 Å². The molecule has 2 aromatic carbocycles. The highest BCUT2D eigenvalue weighted by molar-refractivity contribution is 5.59. The third-order valence-electron chi connectivity index (χ3n) is 5.92. The number of likely N-dealkylation sites (tertiary alicyclic amines) is 1. The highest BCUT2D eigenvalue weighted by Gasteiger charge is 2.23. The van der Waals surface area contributed by atoms with Crippen molar-refractivity contribution in [3.8, 4) is 17.1 Å². The average molecular weight is 377 g/mol. The van der Waals surface area contributed by atoms with Crippen molar-refractivity contribution in [1.82, 2.24) is 14.9 Å². The number of rotatable bonds is 4. The summed E-state index contributed by atoms with van der Waals surface area (Å²) in [6, 6.07) is 13.5. The van der Waals surface area contributed by atoms with Crippen LogP contribution < -0.4 is 4.74 Å². The molecule has 1 N–H and O–H groups in total. The molecule has 0 spiro atoms. The van der Waals surface area contributed by atoms with Crippen LogP contribution in [0.15, 0.2) is 48.7 Å². The number of fused-ring (bicyclic) bond motifs is 1. The lowest BCUT2D eigenvalue weighted by molar-refractivity contribution is 0.201. The highest BCUT2D eigenvalue weighted by Crippen LogP contribution is 2.31. The van der Waals surface area contributed by atoms with Crippen molar-refractivity contribution in [2.24, 2.45) is 0 Å². The Kier molecular flexibility index (Phi) is 4.61. The van der Waals surface area contributed by atoms with E-state index in [1.807, 2.05) is 24.4 Å². The van der Waals surface area contributed by atoms with Gasteiger partial charge in [-0.15, -0.1) is 0 Å². The minimum absolute atomic E-state index is 0.0705. The Morgan fingerprint density at radius 3 is 2.86 bits per heavy atom. The van der Waals surface area contributed by atoms with E-state index in [0.29, 0.717) is 5.92 Å². The van der Waals surface area contributed by atoms with E-state index in [4.69, 9.17) is 4.74 Å². The zero-order valence-corrected chi connectivity index (χ0v) is 15.8. The number of aromatic nitrogens is 2. The van der Waals surface area contributed by atoms with Gasteiger partial charge in [-0.1, -0.05) is 18.2 Å². The lowest BCUT2D eigenvalue weighted by atomic mass is 9.89. The number of piperidine rings is 1. The molecule has 5 rings (SSSR count). The quantitative estimate of drug-likeness (QED) is 0.726. The molecule has 0 bridgehead atoms. The van der Waals surface area contributed by atoms with Gasteiger partial charge in [-0.2, -0.15) is 0 Å². The number of halogens is 1. The first-order valence-corrected chi connectivity index (χ1v) is 10.0. The van der Waals surface area contributed by atoms with E-state index in [1.54, 1.807) is 12.1 Å². The molecule has 2 aliphatic heterocycles. The lowest BCUT2D eigenvalue weighted by Gasteiger charge is -2.31. The average Bonchev–Trinajstić information content (AvgIpc) is 3.38. The molecule has 0 unspecified atom stereocenters. The number of hydrogen-bond donors (Lipinski definition) is 1. The molecule has 5 heteroatoms. The number of imidazole rings is 1. The summed E-state index contributed by atoms with van der Waals surface area (Å²) in [5.74, 6) is 2.15. The standard InChI is InChI=1S/C23H24FN3O/c24-21-4-2-1-3-20(21)16-7-10-27(11-8-16)15-19-14-25-23(26-19)18-5-6-22-17(13-18)9-12-28-22/h1-6,13-14,16H,7-12,15H2,(H,25,26). The zero-order valence-electron chi connectivity index (χ0n) is 15.8. The molecular formula is C23H24FN3O. The van der Waals surface area contributed by atoms with Crippen LogP contribution in [0.1, 0.15) is 35.6 Å². The van der Waals surface area contributed by atoms with Gasteiger partial charge in [0.05, 0.1) is 6.61 Å². The Labute approximate surface area is 164 Å². The first-order valence-electron chi connectivity index (χ1n) is 10.0. The van der Waals surface area contributed by atoms with Crippen molar-refractivity contribution < 1.29 is 9.13 Å². The molecule has 1 aromatic heterocycles. The molecule has 0 amide bonds. The van der Waals surface area contributed by atoms with Gasteiger partial charge in [0.25, 0.3) is 0 Å². The summed E-state index contributed by atoms with van der Waals surface area (Å²) in [4.78, 5) is 10.5. The predicted molar refractivity (Wildman–Crippen MR) is 107 cm³/mol. The molecule has 0 aliphatic carbocycles. The maximum Gasteiger partial charge on any atom is 0.137 e. The van der Waals surface area contributed by atoms with Crippen molar-refractivity contribution in [3.05, 3.63) is 71.3 Å². The predicted octanol–water partition coefficient (Wildman–Crippen LogP) is 4.53. The van der Waals surface area contributed by atoms with Crippen LogP contribution in [0, 0.1) is 5.82 Å². The molecule has 144 valence electrons. The minimum atomic E-state index is -0.0705. The normalized spacial score (nSPS) is 17.5. The topological polar surface area (TPSA) is 41.2 Å². The number of nitrogens with one attached hydrogen (secondary N) is 1. The molecule has 1 fully saturated rings. The van der Waals surface area contributed by atoms with Crippen LogP contribution in [0.4, 0.5) is 4.39 Å². The fourth-order valence-corrected chi connectivity index (χ4v) is 4.37. The lowest BCUT2D eigenvalue weighted by Crippen LogP contribution is -2.32. The number of ether oxygens (including phenoxy) is 1.